The van der Waals surface area contributed by atoms with Crippen LogP contribution in [0.5, 0.6) is 0 Å². The maximum absolute atomic E-state index is 12.6. The van der Waals surface area contributed by atoms with Crippen LogP contribution in [0.15, 0.2) is 48.4 Å². The number of carbonyl (C=O) groups is 1. The highest BCUT2D eigenvalue weighted by Crippen LogP contribution is 2.35. The Morgan fingerprint density at radius 2 is 1.96 bits per heavy atom. The highest BCUT2D eigenvalue weighted by Gasteiger charge is 2.32. The van der Waals surface area contributed by atoms with Crippen LogP contribution in [0.3, 0.4) is 0 Å². The molecule has 1 N–H and O–H groups in total. The predicted molar refractivity (Wildman–Crippen MR) is 99.1 cm³/mol. The van der Waals surface area contributed by atoms with Gasteiger partial charge in [0.15, 0.2) is 0 Å². The second kappa shape index (κ2) is 6.42. The molecule has 2 aliphatic rings. The molecular formula is C19H21N3OS. The molecule has 0 unspecified atom stereocenters. The lowest BCUT2D eigenvalue weighted by Crippen LogP contribution is -2.43. The molecule has 124 valence electrons. The minimum Gasteiger partial charge on any atom is -0.307 e. The van der Waals surface area contributed by atoms with E-state index in [1.165, 1.54) is 17.7 Å². The highest BCUT2D eigenvalue weighted by molar-refractivity contribution is 7.10. The first-order chi connectivity index (χ1) is 11.7. The van der Waals surface area contributed by atoms with Gasteiger partial charge in [-0.2, -0.15) is 0 Å². The molecule has 5 heteroatoms. The lowest BCUT2D eigenvalue weighted by molar-refractivity contribution is 0.193. The Hall–Kier alpha value is -2.11. The third-order valence-electron chi connectivity index (χ3n) is 4.86. The van der Waals surface area contributed by atoms with Gasteiger partial charge in [-0.3, -0.25) is 9.80 Å². The molecule has 1 aromatic heterocycles. The van der Waals surface area contributed by atoms with E-state index in [1.807, 2.05) is 24.3 Å². The summed E-state index contributed by atoms with van der Waals surface area (Å²) in [4.78, 5) is 18.2. The van der Waals surface area contributed by atoms with Crippen molar-refractivity contribution in [2.75, 3.05) is 25.0 Å². The summed E-state index contributed by atoms with van der Waals surface area (Å²) >= 11 is 1.76. The number of hydrogen-bond donors (Lipinski definition) is 1. The van der Waals surface area contributed by atoms with E-state index in [9.17, 15) is 4.79 Å². The molecule has 3 heterocycles. The van der Waals surface area contributed by atoms with Crippen molar-refractivity contribution in [3.63, 3.8) is 0 Å². The lowest BCUT2D eigenvalue weighted by Gasteiger charge is -2.36. The summed E-state index contributed by atoms with van der Waals surface area (Å²) in [6.07, 6.45) is 2.47. The molecule has 2 amide bonds. The van der Waals surface area contributed by atoms with Gasteiger partial charge >= 0.3 is 6.03 Å². The molecule has 0 radical (unpaired) electrons. The normalized spacial score (nSPS) is 19.2. The van der Waals surface area contributed by atoms with Crippen molar-refractivity contribution in [2.24, 2.45) is 0 Å². The average molecular weight is 339 g/mol. The second-order valence-corrected chi connectivity index (χ2v) is 7.29. The minimum absolute atomic E-state index is 0.0838. The average Bonchev–Trinajstić information content (AvgIpc) is 3.29. The van der Waals surface area contributed by atoms with Crippen LogP contribution in [-0.2, 0) is 0 Å². The number of carbonyl (C=O) groups excluding carboxylic acids is 1. The van der Waals surface area contributed by atoms with E-state index in [0.717, 1.165) is 30.0 Å². The number of nitrogens with one attached hydrogen (secondary N) is 1. The zero-order chi connectivity index (χ0) is 16.5. The van der Waals surface area contributed by atoms with Crippen molar-refractivity contribution in [3.8, 4) is 0 Å². The van der Waals surface area contributed by atoms with Crippen LogP contribution in [0.2, 0.25) is 0 Å². The summed E-state index contributed by atoms with van der Waals surface area (Å²) in [5.41, 5.74) is 2.64. The van der Waals surface area contributed by atoms with Crippen molar-refractivity contribution in [1.82, 2.24) is 9.80 Å². The van der Waals surface area contributed by atoms with Crippen molar-refractivity contribution in [2.45, 2.75) is 18.9 Å². The Kier molecular flexibility index (Phi) is 4.12. The monoisotopic (exact) mass is 339 g/mol. The fourth-order valence-corrected chi connectivity index (χ4v) is 4.43. The van der Waals surface area contributed by atoms with Crippen LogP contribution in [0.4, 0.5) is 10.5 Å². The number of amides is 2. The number of likely N-dealkylation sites (tertiary alicyclic amines) is 1. The van der Waals surface area contributed by atoms with Gasteiger partial charge < -0.3 is 5.32 Å². The maximum Gasteiger partial charge on any atom is 0.326 e. The molecule has 1 atom stereocenters. The Balaban J connectivity index is 1.62. The molecule has 1 saturated heterocycles. The number of nitrogens with zero attached hydrogens (tertiary/aromatic N) is 2. The van der Waals surface area contributed by atoms with Crippen LogP contribution in [0.25, 0.3) is 5.70 Å². The van der Waals surface area contributed by atoms with Crippen molar-refractivity contribution < 1.29 is 4.79 Å². The number of para-hydroxylation sites is 1. The van der Waals surface area contributed by atoms with E-state index >= 15 is 0 Å². The number of anilines is 1. The molecule has 0 bridgehead atoms. The fraction of sp³-hybridized carbons (Fsp3) is 0.316. The van der Waals surface area contributed by atoms with E-state index in [0.29, 0.717) is 6.54 Å². The number of thiophene rings is 1. The number of rotatable bonds is 4. The van der Waals surface area contributed by atoms with E-state index in [-0.39, 0.29) is 12.1 Å². The quantitative estimate of drug-likeness (QED) is 0.896. The SMILES string of the molecule is C=C1c2ccccc2NC(=O)N1C[C@@H](c1cccs1)N1CCCC1. The summed E-state index contributed by atoms with van der Waals surface area (Å²) in [6.45, 7) is 7.03. The number of fused-ring (bicyclic) bond motifs is 1. The Labute approximate surface area is 146 Å². The van der Waals surface area contributed by atoms with Crippen molar-refractivity contribution in [3.05, 3.63) is 58.8 Å². The molecule has 0 spiro atoms. The van der Waals surface area contributed by atoms with E-state index in [4.69, 9.17) is 0 Å². The molecule has 1 aromatic carbocycles. The van der Waals surface area contributed by atoms with E-state index in [2.05, 4.69) is 34.3 Å². The summed E-state index contributed by atoms with van der Waals surface area (Å²) in [7, 11) is 0. The first-order valence-corrected chi connectivity index (χ1v) is 9.26. The lowest BCUT2D eigenvalue weighted by atomic mass is 10.1. The summed E-state index contributed by atoms with van der Waals surface area (Å²) in [6, 6.07) is 12.3. The van der Waals surface area contributed by atoms with Gasteiger partial charge in [0.2, 0.25) is 0 Å². The molecule has 4 nitrogen and oxygen atoms in total. The van der Waals surface area contributed by atoms with Crippen LogP contribution in [-0.4, -0.2) is 35.5 Å². The highest BCUT2D eigenvalue weighted by atomic mass is 32.1. The first-order valence-electron chi connectivity index (χ1n) is 8.38. The van der Waals surface area contributed by atoms with Gasteiger partial charge in [0.1, 0.15) is 0 Å². The summed E-state index contributed by atoms with van der Waals surface area (Å²) in [5, 5.41) is 5.10. The van der Waals surface area contributed by atoms with E-state index in [1.54, 1.807) is 16.2 Å². The van der Waals surface area contributed by atoms with Crippen LogP contribution < -0.4 is 5.32 Å². The first kappa shape index (κ1) is 15.4. The predicted octanol–water partition coefficient (Wildman–Crippen LogP) is 4.40. The van der Waals surface area contributed by atoms with Crippen LogP contribution in [0, 0.1) is 0 Å². The Bertz CT molecular complexity index is 750. The second-order valence-electron chi connectivity index (χ2n) is 6.31. The van der Waals surface area contributed by atoms with Crippen molar-refractivity contribution in [1.29, 1.82) is 0 Å². The zero-order valence-electron chi connectivity index (χ0n) is 13.6. The van der Waals surface area contributed by atoms with Gasteiger partial charge in [0.25, 0.3) is 0 Å². The van der Waals surface area contributed by atoms with Gasteiger partial charge in [-0.05, 0) is 43.4 Å². The van der Waals surface area contributed by atoms with Crippen LogP contribution in [0.1, 0.15) is 29.3 Å². The summed E-state index contributed by atoms with van der Waals surface area (Å²) in [5.74, 6) is 0. The molecule has 4 rings (SSSR count). The minimum atomic E-state index is -0.0838. The largest absolute Gasteiger partial charge is 0.326 e. The molecule has 0 saturated carbocycles. The van der Waals surface area contributed by atoms with Gasteiger partial charge in [-0.1, -0.05) is 30.8 Å². The topological polar surface area (TPSA) is 35.6 Å². The standard InChI is InChI=1S/C19H21N3OS/c1-14-15-7-2-3-8-16(15)20-19(23)22(14)13-17(18-9-6-12-24-18)21-10-4-5-11-21/h2-3,6-9,12,17H,1,4-5,10-11,13H2,(H,20,23)/t17-/m0/s1. The smallest absolute Gasteiger partial charge is 0.307 e. The molecule has 1 fully saturated rings. The molecule has 2 aliphatic heterocycles. The molecule has 2 aromatic rings. The summed E-state index contributed by atoms with van der Waals surface area (Å²) < 4.78 is 0. The van der Waals surface area contributed by atoms with Gasteiger partial charge in [-0.15, -0.1) is 11.3 Å². The van der Waals surface area contributed by atoms with Crippen molar-refractivity contribution >= 4 is 28.8 Å². The Morgan fingerprint density at radius 3 is 2.71 bits per heavy atom. The number of benzene rings is 1. The van der Waals surface area contributed by atoms with E-state index < -0.39 is 0 Å². The molecule has 24 heavy (non-hydrogen) atoms. The third kappa shape index (κ3) is 2.74. The van der Waals surface area contributed by atoms with Crippen LogP contribution >= 0.6 is 11.3 Å². The maximum atomic E-state index is 12.6. The van der Waals surface area contributed by atoms with Gasteiger partial charge in [0, 0.05) is 22.7 Å². The number of urea groups is 1. The zero-order valence-corrected chi connectivity index (χ0v) is 14.4. The van der Waals surface area contributed by atoms with Gasteiger partial charge in [0.05, 0.1) is 11.7 Å². The molecular weight excluding hydrogens is 318 g/mol. The van der Waals surface area contributed by atoms with Gasteiger partial charge in [-0.25, -0.2) is 4.79 Å². The third-order valence-corrected chi connectivity index (χ3v) is 5.83. The molecule has 0 aliphatic carbocycles. The number of hydrogen-bond acceptors (Lipinski definition) is 3. The fourth-order valence-electron chi connectivity index (χ4n) is 3.58. The Morgan fingerprint density at radius 1 is 1.17 bits per heavy atom.